The minimum Gasteiger partial charge on any atom is -0.327 e. The number of ketones is 1. The molecule has 2 heteroatoms. The highest BCUT2D eigenvalue weighted by Crippen LogP contribution is 2.19. The molecular formula is C11H23NO. The topological polar surface area (TPSA) is 43.1 Å². The fraction of sp³-hybridized carbons (Fsp3) is 0.909. The van der Waals surface area contributed by atoms with Gasteiger partial charge in [0.15, 0.2) is 0 Å². The lowest BCUT2D eigenvalue weighted by Gasteiger charge is -2.19. The monoisotopic (exact) mass is 185 g/mol. The molecule has 0 aliphatic heterocycles. The summed E-state index contributed by atoms with van der Waals surface area (Å²) in [6.45, 7) is 10.0. The summed E-state index contributed by atoms with van der Waals surface area (Å²) in [5.41, 5.74) is 5.64. The lowest BCUT2D eigenvalue weighted by Crippen LogP contribution is -2.29. The molecule has 0 radical (unpaired) electrons. The van der Waals surface area contributed by atoms with E-state index in [9.17, 15) is 4.79 Å². The molecule has 2 N–H and O–H groups in total. The highest BCUT2D eigenvalue weighted by Gasteiger charge is 2.21. The van der Waals surface area contributed by atoms with Crippen LogP contribution in [0.5, 0.6) is 0 Å². The second-order valence-electron chi connectivity index (χ2n) is 5.12. The highest BCUT2D eigenvalue weighted by molar-refractivity contribution is 5.83. The highest BCUT2D eigenvalue weighted by atomic mass is 16.1. The Bertz CT molecular complexity index is 167. The number of rotatable bonds is 4. The van der Waals surface area contributed by atoms with Crippen molar-refractivity contribution in [1.82, 2.24) is 0 Å². The zero-order valence-corrected chi connectivity index (χ0v) is 9.55. The Kier molecular flexibility index (Phi) is 4.62. The van der Waals surface area contributed by atoms with Gasteiger partial charge in [-0.3, -0.25) is 4.79 Å². The van der Waals surface area contributed by atoms with Crippen LogP contribution in [0.3, 0.4) is 0 Å². The molecule has 0 aromatic rings. The number of hydrogen-bond acceptors (Lipinski definition) is 2. The molecule has 0 aliphatic rings. The number of Topliss-reactive ketones (excluding diaryl/α,β-unsaturated/α-hetero) is 1. The largest absolute Gasteiger partial charge is 0.327 e. The fourth-order valence-corrected chi connectivity index (χ4v) is 1.01. The van der Waals surface area contributed by atoms with Gasteiger partial charge in [0.2, 0.25) is 0 Å². The van der Waals surface area contributed by atoms with Crippen molar-refractivity contribution in [2.75, 3.05) is 0 Å². The molecule has 0 aliphatic carbocycles. The molecule has 0 amide bonds. The zero-order chi connectivity index (χ0) is 10.6. The van der Waals surface area contributed by atoms with Gasteiger partial charge in [0.05, 0.1) is 0 Å². The molecule has 0 saturated carbocycles. The molecule has 0 fully saturated rings. The average molecular weight is 185 g/mol. The number of carbonyl (C=O) groups is 1. The van der Waals surface area contributed by atoms with Gasteiger partial charge in [0.25, 0.3) is 0 Å². The van der Waals surface area contributed by atoms with Gasteiger partial charge in [-0.1, -0.05) is 34.6 Å². The molecular weight excluding hydrogens is 162 g/mol. The lowest BCUT2D eigenvalue weighted by molar-refractivity contribution is -0.126. The van der Waals surface area contributed by atoms with Crippen LogP contribution in [0.25, 0.3) is 0 Å². The van der Waals surface area contributed by atoms with Crippen LogP contribution in [0.2, 0.25) is 0 Å². The molecule has 0 unspecified atom stereocenters. The molecule has 0 aromatic carbocycles. The molecule has 13 heavy (non-hydrogen) atoms. The van der Waals surface area contributed by atoms with Crippen molar-refractivity contribution in [3.8, 4) is 0 Å². The molecule has 0 saturated heterocycles. The number of hydrogen-bond donors (Lipinski definition) is 1. The van der Waals surface area contributed by atoms with E-state index in [1.54, 1.807) is 0 Å². The summed E-state index contributed by atoms with van der Waals surface area (Å²) in [6, 6.07) is 0.159. The molecule has 0 heterocycles. The summed E-state index contributed by atoms with van der Waals surface area (Å²) >= 11 is 0. The maximum absolute atomic E-state index is 11.5. The van der Waals surface area contributed by atoms with Crippen molar-refractivity contribution < 1.29 is 4.79 Å². The van der Waals surface area contributed by atoms with E-state index < -0.39 is 0 Å². The minimum absolute atomic E-state index is 0.159. The van der Waals surface area contributed by atoms with Gasteiger partial charge in [-0.2, -0.15) is 0 Å². The third-order valence-electron chi connectivity index (χ3n) is 2.40. The van der Waals surface area contributed by atoms with Crippen molar-refractivity contribution in [3.05, 3.63) is 0 Å². The van der Waals surface area contributed by atoms with Crippen LogP contribution in [0.15, 0.2) is 0 Å². The van der Waals surface area contributed by atoms with Crippen molar-refractivity contribution in [2.24, 2.45) is 17.1 Å². The van der Waals surface area contributed by atoms with Crippen LogP contribution in [0, 0.1) is 11.3 Å². The Morgan fingerprint density at radius 2 is 1.77 bits per heavy atom. The third-order valence-corrected chi connectivity index (χ3v) is 2.40. The summed E-state index contributed by atoms with van der Waals surface area (Å²) in [4.78, 5) is 11.5. The summed E-state index contributed by atoms with van der Waals surface area (Å²) in [5, 5.41) is 0. The van der Waals surface area contributed by atoms with Crippen LogP contribution in [-0.2, 0) is 4.79 Å². The van der Waals surface area contributed by atoms with Gasteiger partial charge < -0.3 is 5.73 Å². The van der Waals surface area contributed by atoms with Crippen LogP contribution in [0.1, 0.15) is 47.5 Å². The van der Waals surface area contributed by atoms with Crippen LogP contribution < -0.4 is 5.73 Å². The van der Waals surface area contributed by atoms with Gasteiger partial charge in [0, 0.05) is 17.9 Å². The van der Waals surface area contributed by atoms with E-state index in [0.717, 1.165) is 6.42 Å². The van der Waals surface area contributed by atoms with Gasteiger partial charge in [-0.15, -0.1) is 0 Å². The quantitative estimate of drug-likeness (QED) is 0.730. The van der Waals surface area contributed by atoms with E-state index in [1.807, 2.05) is 20.8 Å². The summed E-state index contributed by atoms with van der Waals surface area (Å²) in [5.74, 6) is 0.774. The summed E-state index contributed by atoms with van der Waals surface area (Å²) in [7, 11) is 0. The first-order chi connectivity index (χ1) is 5.75. The van der Waals surface area contributed by atoms with Crippen LogP contribution >= 0.6 is 0 Å². The fourth-order valence-electron chi connectivity index (χ4n) is 1.01. The lowest BCUT2D eigenvalue weighted by atomic mass is 9.86. The molecule has 0 bridgehead atoms. The maximum atomic E-state index is 11.5. The number of nitrogens with two attached hydrogens (primary N) is 1. The maximum Gasteiger partial charge on any atom is 0.138 e. The Hall–Kier alpha value is -0.370. The predicted molar refractivity (Wildman–Crippen MR) is 56.5 cm³/mol. The summed E-state index contributed by atoms with van der Waals surface area (Å²) < 4.78 is 0. The van der Waals surface area contributed by atoms with E-state index in [1.165, 1.54) is 0 Å². The first-order valence-corrected chi connectivity index (χ1v) is 5.04. The zero-order valence-electron chi connectivity index (χ0n) is 9.55. The van der Waals surface area contributed by atoms with Crippen LogP contribution in [0.4, 0.5) is 0 Å². The molecule has 1 atom stereocenters. The molecule has 0 rings (SSSR count). The molecule has 78 valence electrons. The van der Waals surface area contributed by atoms with E-state index in [4.69, 9.17) is 5.73 Å². The van der Waals surface area contributed by atoms with Crippen molar-refractivity contribution in [1.29, 1.82) is 0 Å². The third kappa shape index (κ3) is 5.04. The van der Waals surface area contributed by atoms with Crippen molar-refractivity contribution in [3.63, 3.8) is 0 Å². The Balaban J connectivity index is 3.84. The van der Waals surface area contributed by atoms with Crippen LogP contribution in [-0.4, -0.2) is 11.8 Å². The van der Waals surface area contributed by atoms with Gasteiger partial charge in [-0.25, -0.2) is 0 Å². The average Bonchev–Trinajstić information content (AvgIpc) is 1.97. The normalized spacial score (nSPS) is 14.7. The molecule has 2 nitrogen and oxygen atoms in total. The summed E-state index contributed by atoms with van der Waals surface area (Å²) in [6.07, 6.45) is 1.43. The number of carbonyl (C=O) groups excluding carboxylic acids is 1. The SMILES string of the molecule is CC(C)[C@@H](N)CCC(=O)C(C)(C)C. The second-order valence-corrected chi connectivity index (χ2v) is 5.12. The predicted octanol–water partition coefficient (Wildman–Crippen LogP) is 2.37. The minimum atomic E-state index is -0.212. The van der Waals surface area contributed by atoms with Gasteiger partial charge in [0.1, 0.15) is 5.78 Å². The van der Waals surface area contributed by atoms with E-state index >= 15 is 0 Å². The Morgan fingerprint density at radius 1 is 1.31 bits per heavy atom. The molecule has 0 aromatic heterocycles. The molecule has 0 spiro atoms. The van der Waals surface area contributed by atoms with E-state index in [2.05, 4.69) is 13.8 Å². The first kappa shape index (κ1) is 12.6. The first-order valence-electron chi connectivity index (χ1n) is 5.04. The second kappa shape index (κ2) is 4.75. The van der Waals surface area contributed by atoms with Gasteiger partial charge in [-0.05, 0) is 12.3 Å². The standard InChI is InChI=1S/C11H23NO/c1-8(2)9(12)6-7-10(13)11(3,4)5/h8-9H,6-7,12H2,1-5H3/t9-/m0/s1. The Labute approximate surface area is 81.9 Å². The van der Waals surface area contributed by atoms with E-state index in [-0.39, 0.29) is 11.5 Å². The smallest absolute Gasteiger partial charge is 0.138 e. The Morgan fingerprint density at radius 3 is 2.08 bits per heavy atom. The van der Waals surface area contributed by atoms with E-state index in [0.29, 0.717) is 18.1 Å². The van der Waals surface area contributed by atoms with Crippen molar-refractivity contribution >= 4 is 5.78 Å². The van der Waals surface area contributed by atoms with Crippen molar-refractivity contribution in [2.45, 2.75) is 53.5 Å². The van der Waals surface area contributed by atoms with Gasteiger partial charge >= 0.3 is 0 Å².